The van der Waals surface area contributed by atoms with Crippen LogP contribution < -0.4 is 11.1 Å². The van der Waals surface area contributed by atoms with Gasteiger partial charge in [-0.1, -0.05) is 6.92 Å². The molecule has 0 radical (unpaired) electrons. The number of amides is 1. The van der Waals surface area contributed by atoms with Gasteiger partial charge in [0.25, 0.3) is 0 Å². The lowest BCUT2D eigenvalue weighted by Crippen LogP contribution is -2.49. The minimum absolute atomic E-state index is 0.0640. The highest BCUT2D eigenvalue weighted by Gasteiger charge is 2.33. The summed E-state index contributed by atoms with van der Waals surface area (Å²) in [6.07, 6.45) is 4.78. The molecule has 0 saturated carbocycles. The van der Waals surface area contributed by atoms with Crippen LogP contribution in [0.25, 0.3) is 0 Å². The maximum atomic E-state index is 11.3. The van der Waals surface area contributed by atoms with Crippen molar-refractivity contribution in [3.8, 4) is 0 Å². The largest absolute Gasteiger partial charge is 0.370 e. The van der Waals surface area contributed by atoms with Gasteiger partial charge in [0.15, 0.2) is 0 Å². The Hall–Kier alpha value is -0.610. The average Bonchev–Trinajstić information content (AvgIpc) is 2.49. The van der Waals surface area contributed by atoms with Crippen LogP contribution in [0.4, 0.5) is 0 Å². The minimum Gasteiger partial charge on any atom is -0.370 e. The molecule has 4 nitrogen and oxygen atoms in total. The third-order valence-electron chi connectivity index (χ3n) is 3.97. The minimum atomic E-state index is -0.184. The van der Waals surface area contributed by atoms with E-state index in [2.05, 4.69) is 31.0 Å². The van der Waals surface area contributed by atoms with E-state index in [1.165, 1.54) is 0 Å². The molecule has 4 heteroatoms. The Bertz CT molecular complexity index is 268. The Morgan fingerprint density at radius 3 is 2.67 bits per heavy atom. The quantitative estimate of drug-likeness (QED) is 0.756. The predicted molar refractivity (Wildman–Crippen MR) is 75.4 cm³/mol. The van der Waals surface area contributed by atoms with Gasteiger partial charge in [0, 0.05) is 24.5 Å². The van der Waals surface area contributed by atoms with Crippen LogP contribution in [-0.2, 0) is 4.79 Å². The number of rotatable bonds is 6. The van der Waals surface area contributed by atoms with Crippen molar-refractivity contribution >= 4 is 5.91 Å². The highest BCUT2D eigenvalue weighted by atomic mass is 16.1. The molecular weight excluding hydrogens is 226 g/mol. The van der Waals surface area contributed by atoms with Gasteiger partial charge in [-0.3, -0.25) is 4.79 Å². The van der Waals surface area contributed by atoms with Crippen LogP contribution in [0, 0.1) is 0 Å². The zero-order valence-corrected chi connectivity index (χ0v) is 12.2. The molecule has 0 aromatic heterocycles. The third kappa shape index (κ3) is 4.58. The number of primary amides is 1. The molecule has 1 fully saturated rings. The fourth-order valence-electron chi connectivity index (χ4n) is 2.87. The van der Waals surface area contributed by atoms with Gasteiger partial charge < -0.3 is 16.0 Å². The maximum absolute atomic E-state index is 11.3. The Morgan fingerprint density at radius 2 is 2.11 bits per heavy atom. The monoisotopic (exact) mass is 255 g/mol. The van der Waals surface area contributed by atoms with Gasteiger partial charge in [0.2, 0.25) is 5.91 Å². The summed E-state index contributed by atoms with van der Waals surface area (Å²) in [6, 6.07) is 0.584. The van der Waals surface area contributed by atoms with Crippen molar-refractivity contribution in [3.05, 3.63) is 0 Å². The smallest absolute Gasteiger partial charge is 0.219 e. The Kier molecular flexibility index (Phi) is 6.09. The molecule has 0 aliphatic carbocycles. The molecule has 1 amide bonds. The second-order valence-corrected chi connectivity index (χ2v) is 5.83. The van der Waals surface area contributed by atoms with Gasteiger partial charge in [0.1, 0.15) is 0 Å². The number of carbonyl (C=O) groups excluding carboxylic acids is 1. The van der Waals surface area contributed by atoms with Crippen LogP contribution >= 0.6 is 0 Å². The van der Waals surface area contributed by atoms with E-state index in [1.807, 2.05) is 0 Å². The zero-order chi connectivity index (χ0) is 13.6. The number of likely N-dealkylation sites (tertiary alicyclic amines) is 1. The van der Waals surface area contributed by atoms with E-state index in [1.54, 1.807) is 0 Å². The summed E-state index contributed by atoms with van der Waals surface area (Å²) in [6.45, 7) is 9.78. The molecule has 0 aromatic carbocycles. The third-order valence-corrected chi connectivity index (χ3v) is 3.97. The Morgan fingerprint density at radius 1 is 1.39 bits per heavy atom. The molecule has 1 atom stereocenters. The lowest BCUT2D eigenvalue weighted by molar-refractivity contribution is -0.119. The first-order chi connectivity index (χ1) is 8.49. The van der Waals surface area contributed by atoms with E-state index < -0.39 is 0 Å². The summed E-state index contributed by atoms with van der Waals surface area (Å²) in [5.74, 6) is -0.184. The number of nitrogens with two attached hydrogens (primary N) is 1. The van der Waals surface area contributed by atoms with Gasteiger partial charge in [-0.15, -0.1) is 0 Å². The lowest BCUT2D eigenvalue weighted by Gasteiger charge is -2.33. The summed E-state index contributed by atoms with van der Waals surface area (Å²) in [5.41, 5.74) is 5.37. The molecule has 0 spiro atoms. The van der Waals surface area contributed by atoms with Gasteiger partial charge >= 0.3 is 0 Å². The summed E-state index contributed by atoms with van der Waals surface area (Å²) >= 11 is 0. The average molecular weight is 255 g/mol. The number of hydrogen-bond donors (Lipinski definition) is 2. The fraction of sp³-hybridized carbons (Fsp3) is 0.929. The van der Waals surface area contributed by atoms with Crippen molar-refractivity contribution in [1.29, 1.82) is 0 Å². The van der Waals surface area contributed by atoms with Crippen LogP contribution in [0.5, 0.6) is 0 Å². The van der Waals surface area contributed by atoms with Crippen molar-refractivity contribution in [2.24, 2.45) is 5.73 Å². The lowest BCUT2D eigenvalue weighted by atomic mass is 9.86. The highest BCUT2D eigenvalue weighted by Crippen LogP contribution is 2.26. The standard InChI is InChI=1S/C14H29N3O/c1-4-8-16-14(11-13(15)18)6-5-9-17(10-7-14)12(2)3/h12,16H,4-11H2,1-3H3,(H2,15,18). The number of nitrogens with zero attached hydrogens (tertiary/aromatic N) is 1. The molecule has 1 aliphatic heterocycles. The van der Waals surface area contributed by atoms with Gasteiger partial charge in [-0.05, 0) is 52.6 Å². The van der Waals surface area contributed by atoms with Crippen molar-refractivity contribution in [3.63, 3.8) is 0 Å². The molecule has 1 saturated heterocycles. The second kappa shape index (κ2) is 7.10. The first kappa shape index (κ1) is 15.4. The predicted octanol–water partition coefficient (Wildman–Crippen LogP) is 1.49. The van der Waals surface area contributed by atoms with Gasteiger partial charge in [-0.25, -0.2) is 0 Å². The number of nitrogens with one attached hydrogen (secondary N) is 1. The van der Waals surface area contributed by atoms with Gasteiger partial charge in [-0.2, -0.15) is 0 Å². The Balaban J connectivity index is 2.68. The van der Waals surface area contributed by atoms with Crippen LogP contribution in [0.1, 0.15) is 52.9 Å². The molecule has 1 aliphatic rings. The molecule has 1 unspecified atom stereocenters. The Labute approximate surface area is 111 Å². The first-order valence-corrected chi connectivity index (χ1v) is 7.26. The fourth-order valence-corrected chi connectivity index (χ4v) is 2.87. The van der Waals surface area contributed by atoms with Crippen molar-refractivity contribution < 1.29 is 4.79 Å². The SMILES string of the molecule is CCCNC1(CC(N)=O)CCCN(C(C)C)CC1. The van der Waals surface area contributed by atoms with Crippen molar-refractivity contribution in [2.75, 3.05) is 19.6 Å². The normalized spacial score (nSPS) is 26.2. The van der Waals surface area contributed by atoms with Crippen molar-refractivity contribution in [1.82, 2.24) is 10.2 Å². The topological polar surface area (TPSA) is 58.4 Å². The molecule has 1 rings (SSSR count). The van der Waals surface area contributed by atoms with E-state index >= 15 is 0 Å². The molecule has 0 aromatic rings. The first-order valence-electron chi connectivity index (χ1n) is 7.26. The van der Waals surface area contributed by atoms with Crippen LogP contribution in [0.15, 0.2) is 0 Å². The van der Waals surface area contributed by atoms with Crippen molar-refractivity contribution in [2.45, 2.75) is 64.5 Å². The molecule has 18 heavy (non-hydrogen) atoms. The van der Waals surface area contributed by atoms with Gasteiger partial charge in [0.05, 0.1) is 0 Å². The summed E-state index contributed by atoms with van der Waals surface area (Å²) in [4.78, 5) is 13.8. The number of hydrogen-bond acceptors (Lipinski definition) is 3. The molecule has 1 heterocycles. The van der Waals surface area contributed by atoms with E-state index in [0.29, 0.717) is 12.5 Å². The van der Waals surface area contributed by atoms with E-state index in [9.17, 15) is 4.79 Å². The second-order valence-electron chi connectivity index (χ2n) is 5.83. The summed E-state index contributed by atoms with van der Waals surface area (Å²) in [7, 11) is 0. The molecule has 106 valence electrons. The van der Waals surface area contributed by atoms with E-state index in [0.717, 1.165) is 45.3 Å². The molecule has 3 N–H and O–H groups in total. The summed E-state index contributed by atoms with van der Waals surface area (Å²) in [5, 5.41) is 3.59. The van der Waals surface area contributed by atoms with Crippen LogP contribution in [0.2, 0.25) is 0 Å². The van der Waals surface area contributed by atoms with Crippen LogP contribution in [-0.4, -0.2) is 42.0 Å². The highest BCUT2D eigenvalue weighted by molar-refractivity contribution is 5.75. The zero-order valence-electron chi connectivity index (χ0n) is 12.2. The van der Waals surface area contributed by atoms with E-state index in [4.69, 9.17) is 5.73 Å². The number of carbonyl (C=O) groups is 1. The summed E-state index contributed by atoms with van der Waals surface area (Å²) < 4.78 is 0. The van der Waals surface area contributed by atoms with Crippen LogP contribution in [0.3, 0.4) is 0 Å². The van der Waals surface area contributed by atoms with E-state index in [-0.39, 0.29) is 11.4 Å². The molecular formula is C14H29N3O. The molecule has 0 bridgehead atoms. The maximum Gasteiger partial charge on any atom is 0.219 e.